The van der Waals surface area contributed by atoms with Crippen molar-refractivity contribution in [3.05, 3.63) is 46.8 Å². The Morgan fingerprint density at radius 3 is 1.37 bits per heavy atom. The van der Waals surface area contributed by atoms with Gasteiger partial charge in [-0.3, -0.25) is 0 Å². The molecule has 0 bridgehead atoms. The van der Waals surface area contributed by atoms with E-state index in [9.17, 15) is 0 Å². The Balaban J connectivity index is 0.000000544. The number of hydrogen-bond donors (Lipinski definition) is 0. The molecule has 0 saturated heterocycles. The van der Waals surface area contributed by atoms with E-state index in [1.54, 1.807) is 0 Å². The predicted octanol–water partition coefficient (Wildman–Crippen LogP) is 9.73. The molecule has 2 aromatic rings. The van der Waals surface area contributed by atoms with Crippen molar-refractivity contribution in [1.82, 2.24) is 0 Å². The van der Waals surface area contributed by atoms with Gasteiger partial charge in [0, 0.05) is 11.8 Å². The van der Waals surface area contributed by atoms with E-state index in [4.69, 9.17) is 8.83 Å². The third-order valence-electron chi connectivity index (χ3n) is 6.02. The van der Waals surface area contributed by atoms with Crippen molar-refractivity contribution in [3.8, 4) is 0 Å². The van der Waals surface area contributed by atoms with E-state index in [1.807, 2.05) is 13.2 Å². The summed E-state index contributed by atoms with van der Waals surface area (Å²) in [7, 11) is 0. The molecule has 30 heavy (non-hydrogen) atoms. The van der Waals surface area contributed by atoms with Gasteiger partial charge in [0.15, 0.2) is 0 Å². The van der Waals surface area contributed by atoms with Crippen LogP contribution in [0.1, 0.15) is 123 Å². The van der Waals surface area contributed by atoms with Crippen LogP contribution in [0, 0.1) is 37.5 Å². The summed E-state index contributed by atoms with van der Waals surface area (Å²) in [4.78, 5) is 0. The fourth-order valence-corrected chi connectivity index (χ4v) is 4.47. The average molecular weight is 419 g/mol. The van der Waals surface area contributed by atoms with E-state index in [1.165, 1.54) is 11.1 Å². The second-order valence-electron chi connectivity index (χ2n) is 10.4. The molecule has 0 N–H and O–H groups in total. The van der Waals surface area contributed by atoms with Crippen LogP contribution in [0.25, 0.3) is 0 Å². The molecule has 2 heteroatoms. The van der Waals surface area contributed by atoms with Crippen molar-refractivity contribution < 1.29 is 8.83 Å². The molecule has 0 atom stereocenters. The normalized spacial score (nSPS) is 11.8. The van der Waals surface area contributed by atoms with Crippen LogP contribution in [0.2, 0.25) is 0 Å². The second-order valence-corrected chi connectivity index (χ2v) is 10.4. The summed E-state index contributed by atoms with van der Waals surface area (Å²) in [6.07, 6.45) is 1.91. The molecule has 0 aliphatic rings. The molecule has 0 spiro atoms. The highest BCUT2D eigenvalue weighted by Gasteiger charge is 2.24. The molecule has 0 aliphatic carbocycles. The zero-order valence-corrected chi connectivity index (χ0v) is 21.1. The monoisotopic (exact) mass is 418 g/mol. The second kappa shape index (κ2) is 12.4. The van der Waals surface area contributed by atoms with Crippen LogP contribution in [0.15, 0.2) is 27.2 Å². The van der Waals surface area contributed by atoms with Crippen LogP contribution >= 0.6 is 0 Å². The Morgan fingerprint density at radius 2 is 1.07 bits per heavy atom. The first kappa shape index (κ1) is 28.6. The zero-order valence-electron chi connectivity index (χ0n) is 21.1. The predicted molar refractivity (Wildman–Crippen MR) is 133 cm³/mol. The number of hydrogen-bond acceptors (Lipinski definition) is 2. The molecule has 2 aromatic heterocycles. The quantitative estimate of drug-likeness (QED) is 0.447. The van der Waals surface area contributed by atoms with Crippen molar-refractivity contribution in [2.24, 2.45) is 23.7 Å². The maximum absolute atomic E-state index is 5.80. The van der Waals surface area contributed by atoms with Gasteiger partial charge in [-0.15, -0.1) is 0 Å². The molecule has 0 fully saturated rings. The van der Waals surface area contributed by atoms with Crippen LogP contribution in [0.4, 0.5) is 0 Å². The van der Waals surface area contributed by atoms with Crippen molar-refractivity contribution in [1.29, 1.82) is 0 Å². The fraction of sp³-hybridized carbons (Fsp3) is 0.714. The van der Waals surface area contributed by atoms with Gasteiger partial charge < -0.3 is 8.83 Å². The third kappa shape index (κ3) is 7.67. The minimum Gasteiger partial charge on any atom is -0.469 e. The summed E-state index contributed by atoms with van der Waals surface area (Å²) < 4.78 is 11.5. The van der Waals surface area contributed by atoms with Crippen LogP contribution in [0.3, 0.4) is 0 Å². The van der Waals surface area contributed by atoms with E-state index in [2.05, 4.69) is 88.3 Å². The zero-order chi connectivity index (χ0) is 22.5. The lowest BCUT2D eigenvalue weighted by molar-refractivity contribution is 0.319. The van der Waals surface area contributed by atoms with Gasteiger partial charge in [0.2, 0.25) is 0 Å². The van der Waals surface area contributed by atoms with Crippen LogP contribution in [-0.2, 0) is 0 Å². The molecule has 0 aliphatic heterocycles. The van der Waals surface area contributed by atoms with Gasteiger partial charge in [0.1, 0.15) is 17.3 Å². The summed E-state index contributed by atoms with van der Waals surface area (Å²) in [6, 6.07) is 4.43. The van der Waals surface area contributed by atoms with Gasteiger partial charge in [-0.1, -0.05) is 76.7 Å². The minimum atomic E-state index is 0. The SMILES string of the molecule is C.CC(C)c1coc(C(C(C)C)C(C)C)c1.Cc1cc(C(C(C)C)C(C)C)oc1C. The Bertz CT molecular complexity index is 677. The first-order valence-electron chi connectivity index (χ1n) is 11.5. The molecule has 0 unspecified atom stereocenters. The maximum Gasteiger partial charge on any atom is 0.108 e. The minimum absolute atomic E-state index is 0. The Labute approximate surface area is 187 Å². The largest absolute Gasteiger partial charge is 0.469 e. The lowest BCUT2D eigenvalue weighted by Crippen LogP contribution is -2.12. The fourth-order valence-electron chi connectivity index (χ4n) is 4.47. The van der Waals surface area contributed by atoms with Gasteiger partial charge in [0.05, 0.1) is 6.26 Å². The van der Waals surface area contributed by atoms with Gasteiger partial charge in [-0.2, -0.15) is 0 Å². The molecule has 0 saturated carbocycles. The first-order valence-corrected chi connectivity index (χ1v) is 11.5. The Hall–Kier alpha value is -1.44. The van der Waals surface area contributed by atoms with Crippen LogP contribution in [0.5, 0.6) is 0 Å². The van der Waals surface area contributed by atoms with E-state index in [-0.39, 0.29) is 7.43 Å². The summed E-state index contributed by atoms with van der Waals surface area (Å²) >= 11 is 0. The summed E-state index contributed by atoms with van der Waals surface area (Å²) in [5.41, 5.74) is 2.59. The lowest BCUT2D eigenvalue weighted by Gasteiger charge is -2.22. The van der Waals surface area contributed by atoms with Gasteiger partial charge in [-0.25, -0.2) is 0 Å². The standard InChI is InChI=1S/C14H24O.C13H22O.CH4/c1-9(2)12-7-13(15-8-12)14(10(3)4)11(5)6;1-8(2)13(9(3)4)12-7-10(5)11(6)14-12;/h7-11,14H,1-6H3;7-9,13H,1-6H3;1H4. The lowest BCUT2D eigenvalue weighted by atomic mass is 9.83. The molecular weight excluding hydrogens is 368 g/mol. The first-order chi connectivity index (χ1) is 13.4. The maximum atomic E-state index is 5.80. The van der Waals surface area contributed by atoms with Crippen molar-refractivity contribution in [3.63, 3.8) is 0 Å². The van der Waals surface area contributed by atoms with E-state index in [0.29, 0.717) is 41.4 Å². The van der Waals surface area contributed by atoms with Gasteiger partial charge in [-0.05, 0) is 66.7 Å². The van der Waals surface area contributed by atoms with Gasteiger partial charge in [0.25, 0.3) is 0 Å². The van der Waals surface area contributed by atoms with E-state index < -0.39 is 0 Å². The van der Waals surface area contributed by atoms with Crippen LogP contribution < -0.4 is 0 Å². The van der Waals surface area contributed by atoms with Gasteiger partial charge >= 0.3 is 0 Å². The smallest absolute Gasteiger partial charge is 0.108 e. The summed E-state index contributed by atoms with van der Waals surface area (Å²) in [6.45, 7) is 26.7. The highest BCUT2D eigenvalue weighted by molar-refractivity contribution is 5.22. The topological polar surface area (TPSA) is 26.3 Å². The Kier molecular flexibility index (Phi) is 11.8. The molecule has 174 valence electrons. The average Bonchev–Trinajstić information content (AvgIpc) is 3.14. The molecule has 0 aromatic carbocycles. The number of aryl methyl sites for hydroxylation is 2. The summed E-state index contributed by atoms with van der Waals surface area (Å²) in [5.74, 6) is 7.56. The van der Waals surface area contributed by atoms with Crippen molar-refractivity contribution in [2.75, 3.05) is 0 Å². The van der Waals surface area contributed by atoms with E-state index >= 15 is 0 Å². The molecular formula is C28H50O2. The highest BCUT2D eigenvalue weighted by Crippen LogP contribution is 2.35. The molecule has 0 radical (unpaired) electrons. The van der Waals surface area contributed by atoms with Crippen LogP contribution in [-0.4, -0.2) is 0 Å². The van der Waals surface area contributed by atoms with E-state index in [0.717, 1.165) is 17.3 Å². The number of rotatable bonds is 7. The molecule has 2 nitrogen and oxygen atoms in total. The summed E-state index contributed by atoms with van der Waals surface area (Å²) in [5, 5.41) is 0. The Morgan fingerprint density at radius 1 is 0.633 bits per heavy atom. The number of furan rings is 2. The molecule has 2 rings (SSSR count). The highest BCUT2D eigenvalue weighted by atomic mass is 16.3. The third-order valence-corrected chi connectivity index (χ3v) is 6.02. The molecule has 0 amide bonds. The van der Waals surface area contributed by atoms with Crippen molar-refractivity contribution in [2.45, 2.75) is 108 Å². The molecule has 2 heterocycles. The van der Waals surface area contributed by atoms with Crippen molar-refractivity contribution >= 4 is 0 Å².